The van der Waals surface area contributed by atoms with E-state index in [0.29, 0.717) is 0 Å². The fourth-order valence-corrected chi connectivity index (χ4v) is 1.35. The second-order valence-corrected chi connectivity index (χ2v) is 3.83. The van der Waals surface area contributed by atoms with Crippen molar-refractivity contribution in [2.45, 2.75) is 25.9 Å². The highest BCUT2D eigenvalue weighted by Gasteiger charge is 1.98. The van der Waals surface area contributed by atoms with Crippen LogP contribution in [0.15, 0.2) is 42.6 Å². The number of carbonyl (C=O) groups is 1. The fourth-order valence-electron chi connectivity index (χ4n) is 1.35. The summed E-state index contributed by atoms with van der Waals surface area (Å²) in [7, 11) is 0. The number of allylic oxidation sites excluding steroid dienone is 1. The Morgan fingerprint density at radius 1 is 1.28 bits per heavy atom. The molecule has 0 fully saturated rings. The van der Waals surface area contributed by atoms with Crippen molar-refractivity contribution < 1.29 is 14.6 Å². The molecule has 0 aliphatic rings. The van der Waals surface area contributed by atoms with Gasteiger partial charge >= 0.3 is 6.09 Å². The smallest absolute Gasteiger partial charge is 0.411 e. The van der Waals surface area contributed by atoms with Gasteiger partial charge in [-0.25, -0.2) is 4.79 Å². The summed E-state index contributed by atoms with van der Waals surface area (Å²) in [5.74, 6) is 0. The Labute approximate surface area is 107 Å². The highest BCUT2D eigenvalue weighted by Crippen LogP contribution is 2.00. The summed E-state index contributed by atoms with van der Waals surface area (Å²) in [5, 5.41) is 11.1. The second kappa shape index (κ2) is 9.24. The number of ether oxygens (including phenoxy) is 1. The van der Waals surface area contributed by atoms with E-state index in [1.807, 2.05) is 36.4 Å². The maximum absolute atomic E-state index is 11.3. The molecule has 1 amide bonds. The molecule has 2 N–H and O–H groups in total. The van der Waals surface area contributed by atoms with E-state index in [1.165, 1.54) is 0 Å². The molecule has 1 rings (SSSR count). The topological polar surface area (TPSA) is 58.6 Å². The summed E-state index contributed by atoms with van der Waals surface area (Å²) in [6.45, 7) is 0.478. The first-order chi connectivity index (χ1) is 8.83. The lowest BCUT2D eigenvalue weighted by Crippen LogP contribution is -2.18. The van der Waals surface area contributed by atoms with Gasteiger partial charge in [-0.15, -0.1) is 0 Å². The third kappa shape index (κ3) is 6.70. The van der Waals surface area contributed by atoms with Gasteiger partial charge in [0, 0.05) is 12.8 Å². The molecular weight excluding hydrogens is 230 g/mol. The van der Waals surface area contributed by atoms with Crippen LogP contribution in [0.25, 0.3) is 0 Å². The number of aliphatic hydroxyl groups excluding tert-OH is 1. The second-order valence-electron chi connectivity index (χ2n) is 3.83. The summed E-state index contributed by atoms with van der Waals surface area (Å²) in [6.07, 6.45) is 5.48. The first-order valence-electron chi connectivity index (χ1n) is 6.06. The molecule has 0 aromatic heterocycles. The molecule has 0 bridgehead atoms. The summed E-state index contributed by atoms with van der Waals surface area (Å²) in [4.78, 5) is 11.3. The number of unbranched alkanes of at least 4 members (excludes halogenated alkanes) is 2. The van der Waals surface area contributed by atoms with Gasteiger partial charge in [0.05, 0.1) is 0 Å². The SMILES string of the molecule is O=C(N/C=C/CCCCO)OCc1ccccc1. The first-order valence-corrected chi connectivity index (χ1v) is 6.06. The Hall–Kier alpha value is -1.81. The third-order valence-electron chi connectivity index (χ3n) is 2.31. The van der Waals surface area contributed by atoms with Crippen LogP contribution in [-0.2, 0) is 11.3 Å². The van der Waals surface area contributed by atoms with E-state index in [1.54, 1.807) is 6.20 Å². The van der Waals surface area contributed by atoms with Gasteiger partial charge in [-0.05, 0) is 24.8 Å². The minimum Gasteiger partial charge on any atom is -0.444 e. The van der Waals surface area contributed by atoms with Gasteiger partial charge in [0.25, 0.3) is 0 Å². The average molecular weight is 249 g/mol. The molecule has 0 saturated carbocycles. The predicted octanol–water partition coefficient (Wildman–Crippen LogP) is 2.59. The fraction of sp³-hybridized carbons (Fsp3) is 0.357. The van der Waals surface area contributed by atoms with Gasteiger partial charge in [-0.2, -0.15) is 0 Å². The summed E-state index contributed by atoms with van der Waals surface area (Å²) in [5.41, 5.74) is 0.958. The van der Waals surface area contributed by atoms with Gasteiger partial charge in [-0.1, -0.05) is 36.4 Å². The van der Waals surface area contributed by atoms with Crippen LogP contribution in [0.1, 0.15) is 24.8 Å². The Morgan fingerprint density at radius 2 is 2.06 bits per heavy atom. The highest BCUT2D eigenvalue weighted by atomic mass is 16.5. The zero-order valence-corrected chi connectivity index (χ0v) is 10.3. The lowest BCUT2D eigenvalue weighted by molar-refractivity contribution is 0.143. The molecule has 0 saturated heterocycles. The lowest BCUT2D eigenvalue weighted by atomic mass is 10.2. The molecule has 1 aromatic carbocycles. The first kappa shape index (κ1) is 14.3. The molecule has 98 valence electrons. The maximum atomic E-state index is 11.3. The maximum Gasteiger partial charge on any atom is 0.411 e. The van der Waals surface area contributed by atoms with Crippen LogP contribution in [-0.4, -0.2) is 17.8 Å². The molecule has 0 spiro atoms. The van der Waals surface area contributed by atoms with Crippen molar-refractivity contribution in [3.63, 3.8) is 0 Å². The van der Waals surface area contributed by atoms with Gasteiger partial charge in [0.1, 0.15) is 6.61 Å². The largest absolute Gasteiger partial charge is 0.444 e. The van der Waals surface area contributed by atoms with E-state index < -0.39 is 6.09 Å². The molecule has 18 heavy (non-hydrogen) atoms. The lowest BCUT2D eigenvalue weighted by Gasteiger charge is -2.03. The molecule has 0 heterocycles. The zero-order chi connectivity index (χ0) is 13.1. The Balaban J connectivity index is 2.10. The molecule has 1 aromatic rings. The normalized spacial score (nSPS) is 10.5. The molecule has 0 aliphatic carbocycles. The van der Waals surface area contributed by atoms with Crippen molar-refractivity contribution in [1.29, 1.82) is 0 Å². The Morgan fingerprint density at radius 3 is 2.78 bits per heavy atom. The van der Waals surface area contributed by atoms with Crippen LogP contribution < -0.4 is 5.32 Å². The number of alkyl carbamates (subject to hydrolysis) is 1. The number of amides is 1. The van der Waals surface area contributed by atoms with Crippen LogP contribution in [0.4, 0.5) is 4.79 Å². The molecule has 0 radical (unpaired) electrons. The summed E-state index contributed by atoms with van der Waals surface area (Å²) in [6, 6.07) is 9.52. The summed E-state index contributed by atoms with van der Waals surface area (Å²) < 4.78 is 5.01. The van der Waals surface area contributed by atoms with E-state index in [9.17, 15) is 4.79 Å². The molecule has 0 aliphatic heterocycles. The number of carbonyl (C=O) groups excluding carboxylic acids is 1. The van der Waals surface area contributed by atoms with Crippen LogP contribution in [0.3, 0.4) is 0 Å². The van der Waals surface area contributed by atoms with Crippen LogP contribution in [0.2, 0.25) is 0 Å². The minimum atomic E-state index is -0.461. The molecule has 4 nitrogen and oxygen atoms in total. The van der Waals surface area contributed by atoms with E-state index in [-0.39, 0.29) is 13.2 Å². The molecular formula is C14H19NO3. The van der Waals surface area contributed by atoms with E-state index in [2.05, 4.69) is 5.32 Å². The van der Waals surface area contributed by atoms with Crippen molar-refractivity contribution in [2.75, 3.05) is 6.61 Å². The predicted molar refractivity (Wildman–Crippen MR) is 69.8 cm³/mol. The van der Waals surface area contributed by atoms with Gasteiger partial charge < -0.3 is 9.84 Å². The van der Waals surface area contributed by atoms with Crippen LogP contribution >= 0.6 is 0 Å². The molecule has 4 heteroatoms. The molecule has 0 atom stereocenters. The van der Waals surface area contributed by atoms with Crippen molar-refractivity contribution >= 4 is 6.09 Å². The quantitative estimate of drug-likeness (QED) is 0.730. The van der Waals surface area contributed by atoms with E-state index >= 15 is 0 Å². The number of benzene rings is 1. The zero-order valence-electron chi connectivity index (χ0n) is 10.3. The number of rotatable bonds is 7. The summed E-state index contributed by atoms with van der Waals surface area (Å²) >= 11 is 0. The van der Waals surface area contributed by atoms with E-state index in [0.717, 1.165) is 24.8 Å². The number of hydrogen-bond donors (Lipinski definition) is 2. The third-order valence-corrected chi connectivity index (χ3v) is 2.31. The van der Waals surface area contributed by atoms with Crippen molar-refractivity contribution in [3.05, 3.63) is 48.2 Å². The van der Waals surface area contributed by atoms with Gasteiger partial charge in [0.2, 0.25) is 0 Å². The van der Waals surface area contributed by atoms with E-state index in [4.69, 9.17) is 9.84 Å². The number of hydrogen-bond acceptors (Lipinski definition) is 3. The van der Waals surface area contributed by atoms with Gasteiger partial charge in [-0.3, -0.25) is 5.32 Å². The standard InChI is InChI=1S/C14H19NO3/c16-11-7-2-1-6-10-15-14(17)18-12-13-8-4-3-5-9-13/h3-6,8-10,16H,1-2,7,11-12H2,(H,15,17)/b10-6+. The number of nitrogens with one attached hydrogen (secondary N) is 1. The van der Waals surface area contributed by atoms with Crippen molar-refractivity contribution in [2.24, 2.45) is 0 Å². The average Bonchev–Trinajstić information content (AvgIpc) is 2.41. The van der Waals surface area contributed by atoms with Crippen LogP contribution in [0.5, 0.6) is 0 Å². The number of aliphatic hydroxyl groups is 1. The van der Waals surface area contributed by atoms with Crippen molar-refractivity contribution in [1.82, 2.24) is 5.32 Å². The minimum absolute atomic E-state index is 0.209. The van der Waals surface area contributed by atoms with Crippen LogP contribution in [0, 0.1) is 0 Å². The highest BCUT2D eigenvalue weighted by molar-refractivity contribution is 5.68. The van der Waals surface area contributed by atoms with Crippen molar-refractivity contribution in [3.8, 4) is 0 Å². The molecule has 0 unspecified atom stereocenters. The Bertz CT molecular complexity index is 363. The monoisotopic (exact) mass is 249 g/mol. The Kier molecular flexibility index (Phi) is 7.32. The van der Waals surface area contributed by atoms with Gasteiger partial charge in [0.15, 0.2) is 0 Å².